The molecule has 0 radical (unpaired) electrons. The zero-order valence-corrected chi connectivity index (χ0v) is 15.9. The van der Waals surface area contributed by atoms with Gasteiger partial charge in [0.05, 0.1) is 0 Å². The molecule has 7 heteroatoms. The van der Waals surface area contributed by atoms with Gasteiger partial charge in [-0.2, -0.15) is 0 Å². The molecule has 26 heavy (non-hydrogen) atoms. The summed E-state index contributed by atoms with van der Waals surface area (Å²) in [5.41, 5.74) is 7.70. The molecule has 0 saturated heterocycles. The first-order valence-electron chi connectivity index (χ1n) is 7.92. The number of aryl methyl sites for hydroxylation is 4. The molecule has 0 spiro atoms. The van der Waals surface area contributed by atoms with E-state index < -0.39 is 10.2 Å². The van der Waals surface area contributed by atoms with Crippen molar-refractivity contribution in [1.82, 2.24) is 4.57 Å². The second-order valence-electron chi connectivity index (χ2n) is 6.09. The number of benzene rings is 2. The van der Waals surface area contributed by atoms with E-state index in [-0.39, 0.29) is 0 Å². The molecule has 0 aliphatic carbocycles. The van der Waals surface area contributed by atoms with Crippen LogP contribution in [-0.4, -0.2) is 4.57 Å². The Balaban J connectivity index is 0.000000431. The van der Waals surface area contributed by atoms with E-state index in [1.807, 2.05) is 0 Å². The van der Waals surface area contributed by atoms with Gasteiger partial charge in [0.15, 0.2) is 0 Å². The zero-order chi connectivity index (χ0) is 19.5. The van der Waals surface area contributed by atoms with Gasteiger partial charge in [-0.1, -0.05) is 36.4 Å². The Morgan fingerprint density at radius 3 is 1.65 bits per heavy atom. The summed E-state index contributed by atoms with van der Waals surface area (Å²) in [6.07, 6.45) is 6.41. The normalized spacial score (nSPS) is 11.1. The molecule has 1 heterocycles. The SMILES string of the molecule is Cc1cccc(C)c1-n1cc[n+](-c2c(C)cccc2C)c1.[O-][Cl+3]([O-])([O-])[O-]. The molecule has 3 rings (SSSR count). The lowest BCUT2D eigenvalue weighted by Crippen LogP contribution is -2.68. The van der Waals surface area contributed by atoms with Crippen molar-refractivity contribution in [2.75, 3.05) is 0 Å². The Morgan fingerprint density at radius 1 is 0.769 bits per heavy atom. The predicted molar refractivity (Wildman–Crippen MR) is 86.2 cm³/mol. The van der Waals surface area contributed by atoms with Crippen LogP contribution in [0.3, 0.4) is 0 Å². The Hall–Kier alpha value is -2.22. The van der Waals surface area contributed by atoms with Crippen LogP contribution in [0.1, 0.15) is 22.3 Å². The van der Waals surface area contributed by atoms with Gasteiger partial charge >= 0.3 is 0 Å². The van der Waals surface area contributed by atoms with Gasteiger partial charge in [-0.25, -0.2) is 27.8 Å². The van der Waals surface area contributed by atoms with E-state index in [9.17, 15) is 0 Å². The maximum atomic E-state index is 8.49. The molecule has 2 aromatic carbocycles. The third-order valence-corrected chi connectivity index (χ3v) is 4.03. The molecule has 0 amide bonds. The third-order valence-electron chi connectivity index (χ3n) is 4.03. The summed E-state index contributed by atoms with van der Waals surface area (Å²) in [6.45, 7) is 8.63. The van der Waals surface area contributed by atoms with Crippen LogP contribution in [0.15, 0.2) is 55.1 Å². The summed E-state index contributed by atoms with van der Waals surface area (Å²) in [7, 11) is -4.94. The first-order chi connectivity index (χ1) is 12.1. The standard InChI is InChI=1S/C19H21N2.ClHO4/c1-14-7-5-8-15(2)18(14)20-11-12-21(13-20)19-16(3)9-6-10-17(19)4;2-1(3,4)5/h5-13H,1-4H3;(H,2,3,4,5)/q+1;/p-1. The van der Waals surface area contributed by atoms with Crippen molar-refractivity contribution in [3.63, 3.8) is 0 Å². The van der Waals surface area contributed by atoms with Gasteiger partial charge < -0.3 is 0 Å². The molecular weight excluding hydrogens is 356 g/mol. The van der Waals surface area contributed by atoms with Crippen molar-refractivity contribution in [2.45, 2.75) is 27.7 Å². The lowest BCUT2D eigenvalue weighted by Gasteiger charge is -2.17. The molecule has 1 aromatic heterocycles. The van der Waals surface area contributed by atoms with E-state index in [1.54, 1.807) is 0 Å². The largest absolute Gasteiger partial charge is 0.254 e. The highest BCUT2D eigenvalue weighted by Gasteiger charge is 2.15. The van der Waals surface area contributed by atoms with E-state index in [4.69, 9.17) is 18.6 Å². The third kappa shape index (κ3) is 5.14. The Morgan fingerprint density at radius 2 is 1.19 bits per heavy atom. The molecule has 0 aliphatic heterocycles. The first-order valence-corrected chi connectivity index (χ1v) is 9.15. The van der Waals surface area contributed by atoms with Crippen molar-refractivity contribution in [3.05, 3.63) is 77.4 Å². The van der Waals surface area contributed by atoms with Crippen LogP contribution in [0.5, 0.6) is 0 Å². The molecule has 0 fully saturated rings. The van der Waals surface area contributed by atoms with Crippen molar-refractivity contribution in [2.24, 2.45) is 0 Å². The van der Waals surface area contributed by atoms with Crippen molar-refractivity contribution >= 4 is 0 Å². The van der Waals surface area contributed by atoms with Gasteiger partial charge in [0, 0.05) is 0 Å². The molecule has 0 atom stereocenters. The van der Waals surface area contributed by atoms with E-state index in [0.717, 1.165) is 0 Å². The Kier molecular flexibility index (Phi) is 6.17. The number of halogens is 1. The van der Waals surface area contributed by atoms with Crippen LogP contribution in [0.4, 0.5) is 0 Å². The van der Waals surface area contributed by atoms with Gasteiger partial charge in [-0.05, 0) is 49.9 Å². The van der Waals surface area contributed by atoms with Crippen molar-refractivity contribution in [1.29, 1.82) is 0 Å². The summed E-state index contributed by atoms with van der Waals surface area (Å²) < 4.78 is 38.4. The Labute approximate surface area is 154 Å². The molecule has 138 valence electrons. The van der Waals surface area contributed by atoms with Crippen LogP contribution < -0.4 is 23.2 Å². The predicted octanol–water partition coefficient (Wildman–Crippen LogP) is -0.768. The highest BCUT2D eigenvalue weighted by atomic mass is 35.7. The van der Waals surface area contributed by atoms with Crippen LogP contribution >= 0.6 is 0 Å². The summed E-state index contributed by atoms with van der Waals surface area (Å²) >= 11 is 0. The number of rotatable bonds is 2. The molecule has 3 aromatic rings. The van der Waals surface area contributed by atoms with Gasteiger partial charge in [-0.3, -0.25) is 0 Å². The highest BCUT2D eigenvalue weighted by Crippen LogP contribution is 2.19. The second-order valence-corrected chi connectivity index (χ2v) is 6.84. The minimum atomic E-state index is -4.94. The summed E-state index contributed by atoms with van der Waals surface area (Å²) in [5.74, 6) is 0. The molecule has 0 unspecified atom stereocenters. The summed E-state index contributed by atoms with van der Waals surface area (Å²) in [6, 6.07) is 12.9. The van der Waals surface area contributed by atoms with E-state index >= 15 is 0 Å². The van der Waals surface area contributed by atoms with Gasteiger partial charge in [-0.15, -0.1) is 10.2 Å². The van der Waals surface area contributed by atoms with Crippen LogP contribution in [0.2, 0.25) is 0 Å². The lowest BCUT2D eigenvalue weighted by molar-refractivity contribution is -2.00. The van der Waals surface area contributed by atoms with Gasteiger partial charge in [0.2, 0.25) is 0 Å². The molecule has 0 aliphatic rings. The summed E-state index contributed by atoms with van der Waals surface area (Å²) in [4.78, 5) is 0. The second kappa shape index (κ2) is 7.99. The number of aromatic nitrogens is 2. The molecule has 0 N–H and O–H groups in total. The first kappa shape index (κ1) is 20.1. The van der Waals surface area contributed by atoms with Gasteiger partial charge in [0.1, 0.15) is 23.8 Å². The average molecular weight is 377 g/mol. The number of hydrogen-bond acceptors (Lipinski definition) is 4. The van der Waals surface area contributed by atoms with E-state index in [2.05, 4.69) is 91.9 Å². The van der Waals surface area contributed by atoms with E-state index in [1.165, 1.54) is 33.6 Å². The summed E-state index contributed by atoms with van der Waals surface area (Å²) in [5, 5.41) is 0. The number of imidazole rings is 1. The minimum absolute atomic E-state index is 1.27. The molecule has 6 nitrogen and oxygen atoms in total. The topological polar surface area (TPSA) is 101 Å². The van der Waals surface area contributed by atoms with E-state index in [0.29, 0.717) is 0 Å². The lowest BCUT2D eigenvalue weighted by atomic mass is 10.1. The highest BCUT2D eigenvalue weighted by molar-refractivity contribution is 5.47. The van der Waals surface area contributed by atoms with Crippen molar-refractivity contribution in [3.8, 4) is 11.4 Å². The van der Waals surface area contributed by atoms with Gasteiger partial charge in [0.25, 0.3) is 6.33 Å². The Bertz CT molecular complexity index is 788. The fraction of sp³-hybridized carbons (Fsp3) is 0.211. The molecule has 0 saturated carbocycles. The van der Waals surface area contributed by atoms with Crippen LogP contribution in [0, 0.1) is 37.9 Å². The van der Waals surface area contributed by atoms with Crippen molar-refractivity contribution < 1.29 is 33.4 Å². The fourth-order valence-corrected chi connectivity index (χ4v) is 3.05. The van der Waals surface area contributed by atoms with Crippen LogP contribution in [-0.2, 0) is 0 Å². The quantitative estimate of drug-likeness (QED) is 0.548. The smallest absolute Gasteiger partial charge is 0.222 e. The fourth-order valence-electron chi connectivity index (χ4n) is 3.05. The monoisotopic (exact) mass is 376 g/mol. The van der Waals surface area contributed by atoms with Crippen LogP contribution in [0.25, 0.3) is 11.4 Å². The average Bonchev–Trinajstić information content (AvgIpc) is 2.94. The minimum Gasteiger partial charge on any atom is -0.222 e. The molecule has 0 bridgehead atoms. The maximum absolute atomic E-state index is 8.49. The molecular formula is C19H21ClN2O4. The number of para-hydroxylation sites is 2. The maximum Gasteiger partial charge on any atom is 0.254 e. The zero-order valence-electron chi connectivity index (χ0n) is 15.1. The number of nitrogens with zero attached hydrogens (tertiary/aromatic N) is 2. The number of hydrogen-bond donors (Lipinski definition) is 0.